The van der Waals surface area contributed by atoms with E-state index in [2.05, 4.69) is 4.90 Å². The molecule has 3 rings (SSSR count). The molecule has 0 spiro atoms. The van der Waals surface area contributed by atoms with Crippen LogP contribution < -0.4 is 0 Å². The molecular formula is C16H18ClNO3S. The van der Waals surface area contributed by atoms with Crippen LogP contribution in [0.1, 0.15) is 17.7 Å². The smallest absolute Gasteiger partial charge is 0.151 e. The topological polar surface area (TPSA) is 50.5 Å². The number of nitrogens with zero attached hydrogens (tertiary/aromatic N) is 1. The van der Waals surface area contributed by atoms with Gasteiger partial charge in [0.15, 0.2) is 9.84 Å². The molecule has 0 bridgehead atoms. The Labute approximate surface area is 135 Å². The van der Waals surface area contributed by atoms with Crippen LogP contribution in [-0.2, 0) is 22.9 Å². The zero-order valence-corrected chi connectivity index (χ0v) is 13.7. The van der Waals surface area contributed by atoms with E-state index >= 15 is 0 Å². The number of hydrogen-bond acceptors (Lipinski definition) is 4. The van der Waals surface area contributed by atoms with E-state index in [0.29, 0.717) is 24.5 Å². The molecule has 0 saturated carbocycles. The molecule has 1 aliphatic rings. The molecule has 1 fully saturated rings. The molecule has 1 aromatic carbocycles. The maximum Gasteiger partial charge on any atom is 0.151 e. The number of sulfone groups is 1. The van der Waals surface area contributed by atoms with Gasteiger partial charge in [0, 0.05) is 17.6 Å². The molecule has 1 saturated heterocycles. The Morgan fingerprint density at radius 1 is 1.18 bits per heavy atom. The summed E-state index contributed by atoms with van der Waals surface area (Å²) in [5, 5.41) is 0.702. The zero-order chi connectivity index (χ0) is 15.6. The highest BCUT2D eigenvalue weighted by Crippen LogP contribution is 2.25. The summed E-state index contributed by atoms with van der Waals surface area (Å²) in [6.45, 7) is 1.19. The van der Waals surface area contributed by atoms with E-state index < -0.39 is 9.84 Å². The van der Waals surface area contributed by atoms with E-state index in [1.165, 1.54) is 0 Å². The lowest BCUT2D eigenvalue weighted by molar-refractivity contribution is 0.179. The lowest BCUT2D eigenvalue weighted by atomic mass is 10.1. The minimum absolute atomic E-state index is 0.00590. The molecule has 22 heavy (non-hydrogen) atoms. The van der Waals surface area contributed by atoms with Crippen LogP contribution in [0.5, 0.6) is 0 Å². The summed E-state index contributed by atoms with van der Waals surface area (Å²) in [5.41, 5.74) is 1.00. The summed E-state index contributed by atoms with van der Waals surface area (Å²) in [5.74, 6) is 1.30. The van der Waals surface area contributed by atoms with Gasteiger partial charge in [0.05, 0.1) is 24.3 Å². The Kier molecular flexibility index (Phi) is 4.57. The summed E-state index contributed by atoms with van der Waals surface area (Å²) in [4.78, 5) is 2.14. The maximum atomic E-state index is 11.8. The molecule has 2 heterocycles. The van der Waals surface area contributed by atoms with Crippen molar-refractivity contribution in [1.29, 1.82) is 0 Å². The predicted octanol–water partition coefficient (Wildman–Crippen LogP) is 3.12. The standard InChI is InChI=1S/C16H18ClNO3S/c17-16-6-2-1-4-13(16)10-18(11-15-5-3-8-21-15)14-7-9-22(19,20)12-14/h1-6,8,14H,7,9-12H2/t14-/m0/s1. The first-order valence-corrected chi connectivity index (χ1v) is 9.44. The lowest BCUT2D eigenvalue weighted by Gasteiger charge is -2.27. The number of furan rings is 1. The van der Waals surface area contributed by atoms with Crippen LogP contribution in [-0.4, -0.2) is 30.9 Å². The first-order chi connectivity index (χ1) is 10.5. The first-order valence-electron chi connectivity index (χ1n) is 7.24. The minimum atomic E-state index is -2.93. The van der Waals surface area contributed by atoms with Gasteiger partial charge >= 0.3 is 0 Å². The molecule has 118 valence electrons. The van der Waals surface area contributed by atoms with E-state index in [1.807, 2.05) is 36.4 Å². The highest BCUT2D eigenvalue weighted by molar-refractivity contribution is 7.91. The molecule has 1 aliphatic heterocycles. The van der Waals surface area contributed by atoms with Crippen LogP contribution in [0.3, 0.4) is 0 Å². The Balaban J connectivity index is 1.81. The molecule has 1 atom stereocenters. The fraction of sp³-hybridized carbons (Fsp3) is 0.375. The van der Waals surface area contributed by atoms with Crippen molar-refractivity contribution >= 4 is 21.4 Å². The molecule has 6 heteroatoms. The highest BCUT2D eigenvalue weighted by Gasteiger charge is 2.32. The second-order valence-corrected chi connectivity index (χ2v) is 8.27. The van der Waals surface area contributed by atoms with Crippen molar-refractivity contribution in [2.75, 3.05) is 11.5 Å². The van der Waals surface area contributed by atoms with Crippen LogP contribution in [0.2, 0.25) is 5.02 Å². The largest absolute Gasteiger partial charge is 0.468 e. The molecule has 0 aliphatic carbocycles. The maximum absolute atomic E-state index is 11.8. The first kappa shape index (κ1) is 15.6. The molecule has 0 amide bonds. The van der Waals surface area contributed by atoms with Gasteiger partial charge in [0.25, 0.3) is 0 Å². The Bertz CT molecular complexity index is 728. The molecule has 0 radical (unpaired) electrons. The lowest BCUT2D eigenvalue weighted by Crippen LogP contribution is -2.35. The Morgan fingerprint density at radius 2 is 2.00 bits per heavy atom. The van der Waals surface area contributed by atoms with Crippen molar-refractivity contribution in [3.63, 3.8) is 0 Å². The van der Waals surface area contributed by atoms with E-state index in [1.54, 1.807) is 6.26 Å². The van der Waals surface area contributed by atoms with Crippen molar-refractivity contribution < 1.29 is 12.8 Å². The van der Waals surface area contributed by atoms with E-state index in [0.717, 1.165) is 11.3 Å². The Morgan fingerprint density at radius 3 is 2.64 bits per heavy atom. The number of halogens is 1. The predicted molar refractivity (Wildman–Crippen MR) is 86.5 cm³/mol. The highest BCUT2D eigenvalue weighted by atomic mass is 35.5. The van der Waals surface area contributed by atoms with Crippen molar-refractivity contribution in [2.24, 2.45) is 0 Å². The van der Waals surface area contributed by atoms with Crippen molar-refractivity contribution in [2.45, 2.75) is 25.6 Å². The van der Waals surface area contributed by atoms with Crippen molar-refractivity contribution in [3.8, 4) is 0 Å². The third kappa shape index (κ3) is 3.72. The van der Waals surface area contributed by atoms with Gasteiger partial charge in [-0.2, -0.15) is 0 Å². The molecule has 2 aromatic rings. The zero-order valence-electron chi connectivity index (χ0n) is 12.1. The van der Waals surface area contributed by atoms with Crippen LogP contribution in [0, 0.1) is 0 Å². The summed E-state index contributed by atoms with van der Waals surface area (Å²) < 4.78 is 29.0. The van der Waals surface area contributed by atoms with Gasteiger partial charge in [-0.15, -0.1) is 0 Å². The summed E-state index contributed by atoms with van der Waals surface area (Å²) >= 11 is 6.24. The minimum Gasteiger partial charge on any atom is -0.468 e. The number of rotatable bonds is 5. The molecule has 0 unspecified atom stereocenters. The summed E-state index contributed by atoms with van der Waals surface area (Å²) in [6, 6.07) is 11.4. The van der Waals surface area contributed by atoms with Gasteiger partial charge in [0.1, 0.15) is 5.76 Å². The van der Waals surface area contributed by atoms with Gasteiger partial charge in [-0.25, -0.2) is 8.42 Å². The number of hydrogen-bond donors (Lipinski definition) is 0. The third-order valence-electron chi connectivity index (χ3n) is 4.00. The van der Waals surface area contributed by atoms with Gasteiger partial charge in [-0.1, -0.05) is 29.8 Å². The van der Waals surface area contributed by atoms with Crippen LogP contribution in [0.25, 0.3) is 0 Å². The van der Waals surface area contributed by atoms with Gasteiger partial charge in [-0.05, 0) is 30.2 Å². The molecule has 0 N–H and O–H groups in total. The molecule has 4 nitrogen and oxygen atoms in total. The van der Waals surface area contributed by atoms with Gasteiger partial charge < -0.3 is 4.42 Å². The summed E-state index contributed by atoms with van der Waals surface area (Å²) in [7, 11) is -2.93. The van der Waals surface area contributed by atoms with Crippen LogP contribution >= 0.6 is 11.6 Å². The fourth-order valence-corrected chi connectivity index (χ4v) is 4.78. The quantitative estimate of drug-likeness (QED) is 0.839. The van der Waals surface area contributed by atoms with Crippen molar-refractivity contribution in [3.05, 3.63) is 59.0 Å². The van der Waals surface area contributed by atoms with Crippen LogP contribution in [0.4, 0.5) is 0 Å². The van der Waals surface area contributed by atoms with Crippen LogP contribution in [0.15, 0.2) is 47.1 Å². The van der Waals surface area contributed by atoms with E-state index in [-0.39, 0.29) is 17.5 Å². The van der Waals surface area contributed by atoms with Crippen molar-refractivity contribution in [1.82, 2.24) is 4.90 Å². The SMILES string of the molecule is O=S1(=O)CC[C@H](N(Cc2ccco2)Cc2ccccc2Cl)C1. The monoisotopic (exact) mass is 339 g/mol. The average molecular weight is 340 g/mol. The Hall–Kier alpha value is -1.30. The second kappa shape index (κ2) is 6.44. The van der Waals surface area contributed by atoms with Gasteiger partial charge in [0.2, 0.25) is 0 Å². The molecule has 1 aromatic heterocycles. The summed E-state index contributed by atoms with van der Waals surface area (Å²) in [6.07, 6.45) is 2.29. The second-order valence-electron chi connectivity index (χ2n) is 5.63. The van der Waals surface area contributed by atoms with E-state index in [9.17, 15) is 8.42 Å². The third-order valence-corrected chi connectivity index (χ3v) is 6.11. The normalized spacial score (nSPS) is 20.5. The van der Waals surface area contributed by atoms with Gasteiger partial charge in [-0.3, -0.25) is 4.90 Å². The fourth-order valence-electron chi connectivity index (χ4n) is 2.83. The number of benzene rings is 1. The molecular weight excluding hydrogens is 322 g/mol. The van der Waals surface area contributed by atoms with E-state index in [4.69, 9.17) is 16.0 Å². The average Bonchev–Trinajstić information content (AvgIpc) is 3.10.